The topological polar surface area (TPSA) is 69.2 Å². The molecule has 0 aliphatic rings. The van der Waals surface area contributed by atoms with Crippen LogP contribution in [-0.4, -0.2) is 32.9 Å². The third-order valence-corrected chi connectivity index (χ3v) is 3.22. The van der Waals surface area contributed by atoms with Gasteiger partial charge in [0.15, 0.2) is 11.5 Å². The van der Waals surface area contributed by atoms with Crippen molar-refractivity contribution < 1.29 is 19.0 Å². The van der Waals surface area contributed by atoms with Gasteiger partial charge >= 0.3 is 0 Å². The number of benzene rings is 2. The Morgan fingerprint density at radius 2 is 1.96 bits per heavy atom. The number of nitrogens with zero attached hydrogens (tertiary/aromatic N) is 1. The highest BCUT2D eigenvalue weighted by Crippen LogP contribution is 2.29. The summed E-state index contributed by atoms with van der Waals surface area (Å²) < 4.78 is 16.0. The second-order valence-electron chi connectivity index (χ2n) is 4.74. The van der Waals surface area contributed by atoms with Gasteiger partial charge in [0.05, 0.1) is 27.0 Å². The summed E-state index contributed by atoms with van der Waals surface area (Å²) in [5.41, 5.74) is 3.65. The Labute approximate surface area is 141 Å². The summed E-state index contributed by atoms with van der Waals surface area (Å²) in [5, 5.41) is 3.99. The molecule has 0 unspecified atom stereocenters. The maximum atomic E-state index is 12.1. The summed E-state index contributed by atoms with van der Waals surface area (Å²) in [6.45, 7) is 2.38. The number of amides is 1. The van der Waals surface area contributed by atoms with E-state index in [4.69, 9.17) is 14.2 Å². The molecule has 1 N–H and O–H groups in total. The molecule has 0 saturated heterocycles. The van der Waals surface area contributed by atoms with E-state index in [0.717, 1.165) is 0 Å². The van der Waals surface area contributed by atoms with E-state index in [1.807, 2.05) is 19.1 Å². The quantitative estimate of drug-likeness (QED) is 0.627. The van der Waals surface area contributed by atoms with Gasteiger partial charge in [0.25, 0.3) is 5.91 Å². The van der Waals surface area contributed by atoms with E-state index in [0.29, 0.717) is 35.0 Å². The zero-order valence-electron chi connectivity index (χ0n) is 13.9. The summed E-state index contributed by atoms with van der Waals surface area (Å²) in [5.74, 6) is 1.48. The van der Waals surface area contributed by atoms with Crippen LogP contribution in [-0.2, 0) is 0 Å². The van der Waals surface area contributed by atoms with Gasteiger partial charge < -0.3 is 14.2 Å². The lowest BCUT2D eigenvalue weighted by Crippen LogP contribution is -2.17. The van der Waals surface area contributed by atoms with Gasteiger partial charge in [-0.25, -0.2) is 5.43 Å². The molecule has 0 aliphatic carbocycles. The van der Waals surface area contributed by atoms with E-state index < -0.39 is 0 Å². The maximum absolute atomic E-state index is 12.1. The van der Waals surface area contributed by atoms with E-state index in [-0.39, 0.29) is 5.91 Å². The van der Waals surface area contributed by atoms with Gasteiger partial charge in [-0.3, -0.25) is 4.79 Å². The number of carbonyl (C=O) groups is 1. The van der Waals surface area contributed by atoms with E-state index in [9.17, 15) is 4.79 Å². The van der Waals surface area contributed by atoms with Crippen LogP contribution in [0.4, 0.5) is 0 Å². The largest absolute Gasteiger partial charge is 0.497 e. The number of nitrogens with one attached hydrogen (secondary N) is 1. The van der Waals surface area contributed by atoms with Crippen LogP contribution in [0, 0.1) is 0 Å². The van der Waals surface area contributed by atoms with E-state index in [1.54, 1.807) is 44.6 Å². The smallest absolute Gasteiger partial charge is 0.271 e. The highest BCUT2D eigenvalue weighted by molar-refractivity contribution is 5.95. The molecule has 6 heteroatoms. The van der Waals surface area contributed by atoms with Gasteiger partial charge in [-0.2, -0.15) is 5.10 Å². The number of hydrazone groups is 1. The first kappa shape index (κ1) is 17.3. The average molecular weight is 328 g/mol. The van der Waals surface area contributed by atoms with Crippen LogP contribution in [0.25, 0.3) is 0 Å². The molecule has 0 heterocycles. The molecule has 0 fully saturated rings. The fourth-order valence-corrected chi connectivity index (χ4v) is 2.08. The molecule has 0 aromatic heterocycles. The molecule has 1 amide bonds. The monoisotopic (exact) mass is 328 g/mol. The van der Waals surface area contributed by atoms with Crippen LogP contribution >= 0.6 is 0 Å². The third-order valence-electron chi connectivity index (χ3n) is 3.22. The van der Waals surface area contributed by atoms with Crippen LogP contribution < -0.4 is 19.6 Å². The number of hydrogen-bond acceptors (Lipinski definition) is 5. The van der Waals surface area contributed by atoms with E-state index >= 15 is 0 Å². The summed E-state index contributed by atoms with van der Waals surface area (Å²) in [6, 6.07) is 12.3. The second kappa shape index (κ2) is 8.57. The third kappa shape index (κ3) is 4.25. The molecular weight excluding hydrogens is 308 g/mol. The first-order valence-electron chi connectivity index (χ1n) is 7.46. The lowest BCUT2D eigenvalue weighted by Gasteiger charge is -2.11. The Hall–Kier alpha value is -3.02. The van der Waals surface area contributed by atoms with Crippen LogP contribution in [0.15, 0.2) is 47.6 Å². The Morgan fingerprint density at radius 3 is 2.67 bits per heavy atom. The van der Waals surface area contributed by atoms with Crippen molar-refractivity contribution in [2.24, 2.45) is 5.10 Å². The molecule has 2 rings (SSSR count). The molecule has 2 aromatic rings. The van der Waals surface area contributed by atoms with Gasteiger partial charge in [0.2, 0.25) is 0 Å². The van der Waals surface area contributed by atoms with Gasteiger partial charge in [-0.1, -0.05) is 12.1 Å². The number of rotatable bonds is 7. The van der Waals surface area contributed by atoms with E-state index in [2.05, 4.69) is 10.5 Å². The number of methoxy groups -OCH3 is 2. The molecule has 0 spiro atoms. The molecule has 24 heavy (non-hydrogen) atoms. The lowest BCUT2D eigenvalue weighted by molar-refractivity contribution is 0.0955. The van der Waals surface area contributed by atoms with Gasteiger partial charge in [0, 0.05) is 11.1 Å². The standard InChI is InChI=1S/C18H20N2O4/c1-4-24-17-14(8-6-10-16(17)23-3)12-19-20-18(21)13-7-5-9-15(11-13)22-2/h5-12H,4H2,1-3H3,(H,20,21)/b19-12+. The van der Waals surface area contributed by atoms with Gasteiger partial charge in [-0.15, -0.1) is 0 Å². The molecule has 0 saturated carbocycles. The predicted octanol–water partition coefficient (Wildman–Crippen LogP) is 2.87. The van der Waals surface area contributed by atoms with Crippen molar-refractivity contribution in [3.63, 3.8) is 0 Å². The molecule has 6 nitrogen and oxygen atoms in total. The summed E-state index contributed by atoms with van der Waals surface area (Å²) in [4.78, 5) is 12.1. The van der Waals surface area contributed by atoms with Crippen molar-refractivity contribution in [3.05, 3.63) is 53.6 Å². The van der Waals surface area contributed by atoms with Crippen LogP contribution in [0.1, 0.15) is 22.8 Å². The number of carbonyl (C=O) groups excluding carboxylic acids is 1. The number of ether oxygens (including phenoxy) is 3. The molecule has 0 atom stereocenters. The van der Waals surface area contributed by atoms with E-state index in [1.165, 1.54) is 6.21 Å². The first-order chi connectivity index (χ1) is 11.7. The Kier molecular flexibility index (Phi) is 6.19. The molecule has 126 valence electrons. The summed E-state index contributed by atoms with van der Waals surface area (Å²) in [7, 11) is 3.12. The van der Waals surface area contributed by atoms with Crippen molar-refractivity contribution in [1.82, 2.24) is 5.43 Å². The number of hydrogen-bond donors (Lipinski definition) is 1. The number of para-hydroxylation sites is 1. The lowest BCUT2D eigenvalue weighted by atomic mass is 10.2. The van der Waals surface area contributed by atoms with Gasteiger partial charge in [0.1, 0.15) is 5.75 Å². The fraction of sp³-hybridized carbons (Fsp3) is 0.222. The van der Waals surface area contributed by atoms with Crippen LogP contribution in [0.5, 0.6) is 17.2 Å². The van der Waals surface area contributed by atoms with Crippen molar-refractivity contribution in [3.8, 4) is 17.2 Å². The Bertz CT molecular complexity index is 729. The predicted molar refractivity (Wildman–Crippen MR) is 92.2 cm³/mol. The van der Waals surface area contributed by atoms with Crippen molar-refractivity contribution >= 4 is 12.1 Å². The van der Waals surface area contributed by atoms with Crippen molar-refractivity contribution in [2.45, 2.75) is 6.92 Å². The maximum Gasteiger partial charge on any atom is 0.271 e. The minimum atomic E-state index is -0.328. The molecule has 0 bridgehead atoms. The average Bonchev–Trinajstić information content (AvgIpc) is 2.63. The Morgan fingerprint density at radius 1 is 1.17 bits per heavy atom. The highest BCUT2D eigenvalue weighted by atomic mass is 16.5. The zero-order valence-corrected chi connectivity index (χ0v) is 13.9. The zero-order chi connectivity index (χ0) is 17.4. The first-order valence-corrected chi connectivity index (χ1v) is 7.46. The molecule has 0 radical (unpaired) electrons. The normalized spacial score (nSPS) is 10.5. The Balaban J connectivity index is 2.12. The SMILES string of the molecule is CCOc1c(/C=N/NC(=O)c2cccc(OC)c2)cccc1OC. The van der Waals surface area contributed by atoms with Crippen molar-refractivity contribution in [2.75, 3.05) is 20.8 Å². The molecular formula is C18H20N2O4. The summed E-state index contributed by atoms with van der Waals surface area (Å²) >= 11 is 0. The fourth-order valence-electron chi connectivity index (χ4n) is 2.08. The minimum Gasteiger partial charge on any atom is -0.497 e. The van der Waals surface area contributed by atoms with Crippen LogP contribution in [0.3, 0.4) is 0 Å². The van der Waals surface area contributed by atoms with Crippen LogP contribution in [0.2, 0.25) is 0 Å². The highest BCUT2D eigenvalue weighted by Gasteiger charge is 2.09. The minimum absolute atomic E-state index is 0.328. The molecule has 2 aromatic carbocycles. The van der Waals surface area contributed by atoms with Gasteiger partial charge in [-0.05, 0) is 37.3 Å². The molecule has 0 aliphatic heterocycles. The second-order valence-corrected chi connectivity index (χ2v) is 4.74. The summed E-state index contributed by atoms with van der Waals surface area (Å²) in [6.07, 6.45) is 1.52. The van der Waals surface area contributed by atoms with Crippen molar-refractivity contribution in [1.29, 1.82) is 0 Å².